The van der Waals surface area contributed by atoms with Gasteiger partial charge in [0.15, 0.2) is 0 Å². The van der Waals surface area contributed by atoms with Crippen molar-refractivity contribution in [2.75, 3.05) is 12.4 Å². The molecule has 0 saturated heterocycles. The largest absolute Gasteiger partial charge is 0.496 e. The first kappa shape index (κ1) is 18.3. The fraction of sp³-hybridized carbons (Fsp3) is 0.294. The summed E-state index contributed by atoms with van der Waals surface area (Å²) in [5, 5.41) is 2.52. The number of ether oxygens (including phenoxy) is 1. The predicted octanol–water partition coefficient (Wildman–Crippen LogP) is 2.23. The van der Waals surface area contributed by atoms with Crippen molar-refractivity contribution in [2.45, 2.75) is 30.7 Å². The molecule has 7 nitrogen and oxygen atoms in total. The van der Waals surface area contributed by atoms with Crippen LogP contribution in [0.3, 0.4) is 0 Å². The summed E-state index contributed by atoms with van der Waals surface area (Å²) < 4.78 is 45.7. The number of anilines is 1. The molecule has 1 aliphatic carbocycles. The standard InChI is InChI=1S/C17H18FN3O4S/c1-10-14(18)6-8-16(19-10)20-17(22)13-9-12(5-7-15(13)25-2)26(23,24)21-11-3-4-11/h5-9,11,21H,3-4H2,1-2H3,(H,19,20,22). The van der Waals surface area contributed by atoms with E-state index < -0.39 is 21.7 Å². The molecule has 0 bridgehead atoms. The highest BCUT2D eigenvalue weighted by Crippen LogP contribution is 2.26. The SMILES string of the molecule is COc1ccc(S(=O)(=O)NC2CC2)cc1C(=O)Nc1ccc(F)c(C)n1. The number of carbonyl (C=O) groups excluding carboxylic acids is 1. The second kappa shape index (κ2) is 7.00. The Balaban J connectivity index is 1.90. The molecule has 1 aromatic carbocycles. The number of aromatic nitrogens is 1. The van der Waals surface area contributed by atoms with Crippen molar-refractivity contribution in [3.05, 3.63) is 47.4 Å². The topological polar surface area (TPSA) is 97.4 Å². The normalized spacial score (nSPS) is 14.1. The van der Waals surface area contributed by atoms with E-state index >= 15 is 0 Å². The molecule has 0 atom stereocenters. The van der Waals surface area contributed by atoms with Gasteiger partial charge in [0.2, 0.25) is 10.0 Å². The number of aryl methyl sites for hydroxylation is 1. The van der Waals surface area contributed by atoms with Crippen molar-refractivity contribution >= 4 is 21.7 Å². The maximum Gasteiger partial charge on any atom is 0.260 e. The smallest absolute Gasteiger partial charge is 0.260 e. The lowest BCUT2D eigenvalue weighted by molar-refractivity contribution is 0.102. The van der Waals surface area contributed by atoms with Gasteiger partial charge in [0.05, 0.1) is 23.3 Å². The highest BCUT2D eigenvalue weighted by molar-refractivity contribution is 7.89. The molecule has 1 aromatic heterocycles. The second-order valence-corrected chi connectivity index (χ2v) is 7.69. The van der Waals surface area contributed by atoms with E-state index in [-0.39, 0.29) is 33.8 Å². The maximum absolute atomic E-state index is 13.3. The maximum atomic E-state index is 13.3. The van der Waals surface area contributed by atoms with Crippen molar-refractivity contribution in [3.8, 4) is 5.75 Å². The summed E-state index contributed by atoms with van der Waals surface area (Å²) in [6.07, 6.45) is 1.61. The molecule has 9 heteroatoms. The van der Waals surface area contributed by atoms with Crippen molar-refractivity contribution in [2.24, 2.45) is 0 Å². The molecule has 26 heavy (non-hydrogen) atoms. The van der Waals surface area contributed by atoms with E-state index in [2.05, 4.69) is 15.0 Å². The first-order valence-electron chi connectivity index (χ1n) is 7.95. The van der Waals surface area contributed by atoms with Gasteiger partial charge < -0.3 is 10.1 Å². The van der Waals surface area contributed by atoms with E-state index in [1.165, 1.54) is 44.4 Å². The zero-order valence-corrected chi connectivity index (χ0v) is 15.1. The Morgan fingerprint density at radius 2 is 2.00 bits per heavy atom. The zero-order chi connectivity index (χ0) is 18.9. The van der Waals surface area contributed by atoms with Gasteiger partial charge in [-0.1, -0.05) is 0 Å². The lowest BCUT2D eigenvalue weighted by Crippen LogP contribution is -2.26. The molecule has 3 rings (SSSR count). The first-order valence-corrected chi connectivity index (χ1v) is 9.43. The quantitative estimate of drug-likeness (QED) is 0.802. The Hall–Kier alpha value is -2.52. The predicted molar refractivity (Wildman–Crippen MR) is 93.2 cm³/mol. The molecule has 0 spiro atoms. The molecular weight excluding hydrogens is 361 g/mol. The molecule has 1 amide bonds. The van der Waals surface area contributed by atoms with Gasteiger partial charge in [0.25, 0.3) is 5.91 Å². The fourth-order valence-electron chi connectivity index (χ4n) is 2.32. The summed E-state index contributed by atoms with van der Waals surface area (Å²) in [4.78, 5) is 16.5. The number of amides is 1. The van der Waals surface area contributed by atoms with Crippen LogP contribution in [0.15, 0.2) is 35.2 Å². The van der Waals surface area contributed by atoms with Crippen LogP contribution in [0.2, 0.25) is 0 Å². The number of nitrogens with one attached hydrogen (secondary N) is 2. The van der Waals surface area contributed by atoms with Gasteiger partial charge in [-0.15, -0.1) is 0 Å². The minimum absolute atomic E-state index is 0.0291. The van der Waals surface area contributed by atoms with Crippen LogP contribution in [0.4, 0.5) is 10.2 Å². The van der Waals surface area contributed by atoms with Gasteiger partial charge in [-0.05, 0) is 50.1 Å². The van der Waals surface area contributed by atoms with Crippen molar-refractivity contribution in [1.29, 1.82) is 0 Å². The van der Waals surface area contributed by atoms with Crippen molar-refractivity contribution < 1.29 is 22.3 Å². The van der Waals surface area contributed by atoms with Gasteiger partial charge in [0.1, 0.15) is 17.4 Å². The number of halogens is 1. The average molecular weight is 379 g/mol. The van der Waals surface area contributed by atoms with Crippen LogP contribution in [0.25, 0.3) is 0 Å². The number of sulfonamides is 1. The Labute approximate surface area is 150 Å². The van der Waals surface area contributed by atoms with Gasteiger partial charge in [-0.3, -0.25) is 4.79 Å². The van der Waals surface area contributed by atoms with Crippen molar-refractivity contribution in [3.63, 3.8) is 0 Å². The average Bonchev–Trinajstić information content (AvgIpc) is 3.40. The molecule has 0 unspecified atom stereocenters. The highest BCUT2D eigenvalue weighted by atomic mass is 32.2. The molecule has 1 heterocycles. The Morgan fingerprint density at radius 1 is 1.27 bits per heavy atom. The summed E-state index contributed by atoms with van der Waals surface area (Å²) in [6.45, 7) is 1.47. The summed E-state index contributed by atoms with van der Waals surface area (Å²) in [7, 11) is -2.34. The van der Waals surface area contributed by atoms with Crippen LogP contribution in [-0.2, 0) is 10.0 Å². The number of carbonyl (C=O) groups is 1. The third kappa shape index (κ3) is 4.00. The van der Waals surface area contributed by atoms with Crippen LogP contribution in [-0.4, -0.2) is 32.5 Å². The number of nitrogens with zero attached hydrogens (tertiary/aromatic N) is 1. The minimum Gasteiger partial charge on any atom is -0.496 e. The van der Waals surface area contributed by atoms with Crippen LogP contribution in [0.1, 0.15) is 28.9 Å². The number of hydrogen-bond acceptors (Lipinski definition) is 5. The minimum atomic E-state index is -3.71. The van der Waals surface area contributed by atoms with Gasteiger partial charge in [0, 0.05) is 6.04 Å². The lowest BCUT2D eigenvalue weighted by Gasteiger charge is -2.12. The molecule has 1 fully saturated rings. The first-order chi connectivity index (χ1) is 12.3. The molecule has 0 aliphatic heterocycles. The van der Waals surface area contributed by atoms with E-state index in [9.17, 15) is 17.6 Å². The van der Waals surface area contributed by atoms with Gasteiger partial charge in [-0.2, -0.15) is 0 Å². The van der Waals surface area contributed by atoms with Gasteiger partial charge >= 0.3 is 0 Å². The molecule has 0 radical (unpaired) electrons. The van der Waals surface area contributed by atoms with Gasteiger partial charge in [-0.25, -0.2) is 22.5 Å². The monoisotopic (exact) mass is 379 g/mol. The molecule has 138 valence electrons. The summed E-state index contributed by atoms with van der Waals surface area (Å²) >= 11 is 0. The van der Waals surface area contributed by atoms with Crippen LogP contribution in [0, 0.1) is 12.7 Å². The summed E-state index contributed by atoms with van der Waals surface area (Å²) in [5.74, 6) is -0.726. The van der Waals surface area contributed by atoms with Crippen molar-refractivity contribution in [1.82, 2.24) is 9.71 Å². The molecule has 1 aliphatic rings. The lowest BCUT2D eigenvalue weighted by atomic mass is 10.2. The summed E-state index contributed by atoms with van der Waals surface area (Å²) in [6, 6.07) is 6.50. The van der Waals surface area contributed by atoms with Crippen LogP contribution >= 0.6 is 0 Å². The second-order valence-electron chi connectivity index (χ2n) is 5.98. The third-order valence-electron chi connectivity index (χ3n) is 3.89. The number of pyridine rings is 1. The summed E-state index contributed by atoms with van der Waals surface area (Å²) in [5.41, 5.74) is 0.176. The van der Waals surface area contributed by atoms with E-state index in [0.29, 0.717) is 0 Å². The Morgan fingerprint density at radius 3 is 2.62 bits per heavy atom. The van der Waals surface area contributed by atoms with E-state index in [1.54, 1.807) is 0 Å². The fourth-order valence-corrected chi connectivity index (χ4v) is 3.65. The molecule has 2 aromatic rings. The van der Waals surface area contributed by atoms with E-state index in [4.69, 9.17) is 4.74 Å². The molecular formula is C17H18FN3O4S. The van der Waals surface area contributed by atoms with Crippen LogP contribution in [0.5, 0.6) is 5.75 Å². The zero-order valence-electron chi connectivity index (χ0n) is 14.2. The Kier molecular flexibility index (Phi) is 4.92. The molecule has 2 N–H and O–H groups in total. The number of hydrogen-bond donors (Lipinski definition) is 2. The third-order valence-corrected chi connectivity index (χ3v) is 5.41. The molecule has 1 saturated carbocycles. The van der Waals surface area contributed by atoms with E-state index in [1.807, 2.05) is 0 Å². The van der Waals surface area contributed by atoms with Crippen LogP contribution < -0.4 is 14.8 Å². The number of rotatable bonds is 6. The highest BCUT2D eigenvalue weighted by Gasteiger charge is 2.29. The van der Waals surface area contributed by atoms with E-state index in [0.717, 1.165) is 12.8 Å². The number of methoxy groups -OCH3 is 1. The number of benzene rings is 1. The Bertz CT molecular complexity index is 958.